The van der Waals surface area contributed by atoms with Crippen molar-refractivity contribution in [2.45, 2.75) is 45.2 Å². The van der Waals surface area contributed by atoms with Gasteiger partial charge in [-0.25, -0.2) is 4.98 Å². The zero-order valence-electron chi connectivity index (χ0n) is 11.3. The van der Waals surface area contributed by atoms with Crippen LogP contribution in [0.1, 0.15) is 48.3 Å². The van der Waals surface area contributed by atoms with Crippen LogP contribution in [0.15, 0.2) is 28.1 Å². The summed E-state index contributed by atoms with van der Waals surface area (Å²) in [6.07, 6.45) is 7.19. The molecule has 2 heterocycles. The number of oxazole rings is 1. The minimum atomic E-state index is 0.453. The average molecular weight is 276 g/mol. The quantitative estimate of drug-likeness (QED) is 0.894. The fourth-order valence-electron chi connectivity index (χ4n) is 2.94. The van der Waals surface area contributed by atoms with Crippen LogP contribution in [0.5, 0.6) is 0 Å². The molecule has 0 aliphatic heterocycles. The van der Waals surface area contributed by atoms with Crippen molar-refractivity contribution in [1.82, 2.24) is 10.3 Å². The molecule has 1 fully saturated rings. The Hall–Kier alpha value is -1.13. The van der Waals surface area contributed by atoms with Crippen LogP contribution in [0.3, 0.4) is 0 Å². The Kier molecular flexibility index (Phi) is 3.99. The Morgan fingerprint density at radius 3 is 2.95 bits per heavy atom. The lowest BCUT2D eigenvalue weighted by Crippen LogP contribution is -2.26. The Balaban J connectivity index is 1.68. The summed E-state index contributed by atoms with van der Waals surface area (Å²) in [5, 5.41) is 5.81. The minimum Gasteiger partial charge on any atom is -0.445 e. The van der Waals surface area contributed by atoms with Gasteiger partial charge in [0.25, 0.3) is 0 Å². The monoisotopic (exact) mass is 276 g/mol. The molecule has 1 N–H and O–H groups in total. The van der Waals surface area contributed by atoms with Crippen LogP contribution in [-0.4, -0.2) is 4.98 Å². The van der Waals surface area contributed by atoms with E-state index < -0.39 is 0 Å². The van der Waals surface area contributed by atoms with Gasteiger partial charge in [0.15, 0.2) is 0 Å². The number of aromatic nitrogens is 1. The molecular weight excluding hydrogens is 256 g/mol. The number of rotatable bonds is 5. The molecule has 1 aliphatic carbocycles. The molecule has 0 saturated heterocycles. The molecule has 0 spiro atoms. The summed E-state index contributed by atoms with van der Waals surface area (Å²) >= 11 is 1.84. The Bertz CT molecular complexity index is 500. The fraction of sp³-hybridized carbons (Fsp3) is 0.533. The molecule has 1 atom stereocenters. The van der Waals surface area contributed by atoms with Crippen LogP contribution in [0.25, 0.3) is 0 Å². The van der Waals surface area contributed by atoms with Gasteiger partial charge in [-0.15, -0.1) is 11.3 Å². The van der Waals surface area contributed by atoms with Gasteiger partial charge in [-0.1, -0.05) is 18.9 Å². The van der Waals surface area contributed by atoms with Crippen molar-refractivity contribution in [1.29, 1.82) is 0 Å². The summed E-state index contributed by atoms with van der Waals surface area (Å²) in [5.74, 6) is 2.43. The third-order valence-electron chi connectivity index (χ3n) is 3.86. The third-order valence-corrected chi connectivity index (χ3v) is 4.82. The molecule has 2 aromatic rings. The number of nitrogens with one attached hydrogen (secondary N) is 1. The van der Waals surface area contributed by atoms with E-state index in [-0.39, 0.29) is 0 Å². The lowest BCUT2D eigenvalue weighted by molar-refractivity contribution is 0.347. The molecule has 102 valence electrons. The molecule has 4 heteroatoms. The first kappa shape index (κ1) is 12.9. The first-order chi connectivity index (χ1) is 9.33. The summed E-state index contributed by atoms with van der Waals surface area (Å²) in [5.41, 5.74) is 0. The topological polar surface area (TPSA) is 38.1 Å². The molecule has 0 aromatic carbocycles. The van der Waals surface area contributed by atoms with Crippen molar-refractivity contribution >= 4 is 11.3 Å². The molecule has 0 radical (unpaired) electrons. The molecule has 3 rings (SSSR count). The Labute approximate surface area is 118 Å². The molecule has 3 nitrogen and oxygen atoms in total. The SMILES string of the molecule is Cc1cnc(CNC(c2cccs2)C2CCCC2)o1. The molecule has 1 aliphatic rings. The van der Waals surface area contributed by atoms with Gasteiger partial charge >= 0.3 is 0 Å². The predicted molar refractivity (Wildman–Crippen MR) is 77.1 cm³/mol. The second kappa shape index (κ2) is 5.88. The summed E-state index contributed by atoms with van der Waals surface area (Å²) in [6.45, 7) is 2.65. The van der Waals surface area contributed by atoms with Gasteiger partial charge in [-0.05, 0) is 37.1 Å². The second-order valence-corrected chi connectivity index (χ2v) is 6.26. The van der Waals surface area contributed by atoms with E-state index in [0.29, 0.717) is 12.6 Å². The van der Waals surface area contributed by atoms with Crippen molar-refractivity contribution in [2.24, 2.45) is 5.92 Å². The maximum atomic E-state index is 5.54. The van der Waals surface area contributed by atoms with Gasteiger partial charge in [0.1, 0.15) is 5.76 Å². The molecular formula is C15H20N2OS. The number of hydrogen-bond donors (Lipinski definition) is 1. The Morgan fingerprint density at radius 1 is 1.47 bits per heavy atom. The van der Waals surface area contributed by atoms with E-state index in [4.69, 9.17) is 4.42 Å². The summed E-state index contributed by atoms with van der Waals surface area (Å²) in [7, 11) is 0. The third kappa shape index (κ3) is 3.07. The van der Waals surface area contributed by atoms with E-state index in [0.717, 1.165) is 17.6 Å². The largest absolute Gasteiger partial charge is 0.445 e. The summed E-state index contributed by atoms with van der Waals surface area (Å²) < 4.78 is 5.54. The normalized spacial score (nSPS) is 17.9. The lowest BCUT2D eigenvalue weighted by Gasteiger charge is -2.23. The zero-order valence-corrected chi connectivity index (χ0v) is 12.1. The van der Waals surface area contributed by atoms with Crippen LogP contribution < -0.4 is 5.32 Å². The molecule has 0 amide bonds. The van der Waals surface area contributed by atoms with Gasteiger partial charge < -0.3 is 9.73 Å². The van der Waals surface area contributed by atoms with Crippen molar-refractivity contribution < 1.29 is 4.42 Å². The summed E-state index contributed by atoms with van der Waals surface area (Å²) in [6, 6.07) is 4.83. The maximum Gasteiger partial charge on any atom is 0.208 e. The number of hydrogen-bond acceptors (Lipinski definition) is 4. The van der Waals surface area contributed by atoms with E-state index in [1.165, 1.54) is 30.6 Å². The molecule has 0 bridgehead atoms. The van der Waals surface area contributed by atoms with E-state index in [2.05, 4.69) is 27.8 Å². The van der Waals surface area contributed by atoms with Crippen LogP contribution in [0, 0.1) is 12.8 Å². The highest BCUT2D eigenvalue weighted by Gasteiger charge is 2.26. The maximum absolute atomic E-state index is 5.54. The smallest absolute Gasteiger partial charge is 0.208 e. The van der Waals surface area contributed by atoms with E-state index in [1.54, 1.807) is 6.20 Å². The van der Waals surface area contributed by atoms with Crippen molar-refractivity contribution in [3.8, 4) is 0 Å². The van der Waals surface area contributed by atoms with Crippen LogP contribution in [0.2, 0.25) is 0 Å². The van der Waals surface area contributed by atoms with Crippen molar-refractivity contribution in [3.05, 3.63) is 40.2 Å². The first-order valence-electron chi connectivity index (χ1n) is 7.01. The first-order valence-corrected chi connectivity index (χ1v) is 7.89. The van der Waals surface area contributed by atoms with Crippen molar-refractivity contribution in [3.63, 3.8) is 0 Å². The Morgan fingerprint density at radius 2 is 2.32 bits per heavy atom. The van der Waals surface area contributed by atoms with Gasteiger partial charge in [0, 0.05) is 10.9 Å². The van der Waals surface area contributed by atoms with Gasteiger partial charge in [-0.2, -0.15) is 0 Å². The second-order valence-electron chi connectivity index (χ2n) is 5.28. The lowest BCUT2D eigenvalue weighted by atomic mass is 9.97. The van der Waals surface area contributed by atoms with Gasteiger partial charge in [0.2, 0.25) is 5.89 Å². The minimum absolute atomic E-state index is 0.453. The van der Waals surface area contributed by atoms with Crippen LogP contribution in [-0.2, 0) is 6.54 Å². The average Bonchev–Trinajstić information content (AvgIpc) is 3.11. The van der Waals surface area contributed by atoms with E-state index in [9.17, 15) is 0 Å². The number of nitrogens with zero attached hydrogens (tertiary/aromatic N) is 1. The zero-order chi connectivity index (χ0) is 13.1. The molecule has 2 aromatic heterocycles. The highest BCUT2D eigenvalue weighted by Crippen LogP contribution is 2.37. The van der Waals surface area contributed by atoms with E-state index >= 15 is 0 Å². The van der Waals surface area contributed by atoms with E-state index in [1.807, 2.05) is 18.3 Å². The van der Waals surface area contributed by atoms with Crippen LogP contribution >= 0.6 is 11.3 Å². The van der Waals surface area contributed by atoms with Gasteiger partial charge in [0.05, 0.1) is 12.7 Å². The number of aryl methyl sites for hydroxylation is 1. The van der Waals surface area contributed by atoms with Gasteiger partial charge in [-0.3, -0.25) is 0 Å². The highest BCUT2D eigenvalue weighted by atomic mass is 32.1. The van der Waals surface area contributed by atoms with Crippen LogP contribution in [0.4, 0.5) is 0 Å². The molecule has 1 unspecified atom stereocenters. The number of thiophene rings is 1. The van der Waals surface area contributed by atoms with Crippen molar-refractivity contribution in [2.75, 3.05) is 0 Å². The highest BCUT2D eigenvalue weighted by molar-refractivity contribution is 7.10. The predicted octanol–water partition coefficient (Wildman–Crippen LogP) is 4.07. The summed E-state index contributed by atoms with van der Waals surface area (Å²) in [4.78, 5) is 5.71. The fourth-order valence-corrected chi connectivity index (χ4v) is 3.83. The molecule has 1 saturated carbocycles. The molecule has 19 heavy (non-hydrogen) atoms. The standard InChI is InChI=1S/C15H20N2OS/c1-11-9-16-14(18-11)10-17-15(12-5-2-3-6-12)13-7-4-8-19-13/h4,7-9,12,15,17H,2-3,5-6,10H2,1H3.